The van der Waals surface area contributed by atoms with Gasteiger partial charge in [0.2, 0.25) is 0 Å². The van der Waals surface area contributed by atoms with Crippen LogP contribution in [0.1, 0.15) is 64.1 Å². The highest BCUT2D eigenvalue weighted by atomic mass is 16.6. The highest BCUT2D eigenvalue weighted by Gasteiger charge is 2.40. The molecule has 36 heavy (non-hydrogen) atoms. The van der Waals surface area contributed by atoms with Crippen LogP contribution in [0.25, 0.3) is 11.1 Å². The molecule has 3 fully saturated rings. The predicted octanol–water partition coefficient (Wildman–Crippen LogP) is 5.98. The summed E-state index contributed by atoms with van der Waals surface area (Å²) in [6.45, 7) is 11.6. The van der Waals surface area contributed by atoms with Gasteiger partial charge in [-0.2, -0.15) is 0 Å². The van der Waals surface area contributed by atoms with Gasteiger partial charge in [0.05, 0.1) is 19.3 Å². The number of aryl methyl sites for hydroxylation is 1. The summed E-state index contributed by atoms with van der Waals surface area (Å²) in [5.41, 5.74) is 4.42. The van der Waals surface area contributed by atoms with Gasteiger partial charge in [-0.3, -0.25) is 4.90 Å². The van der Waals surface area contributed by atoms with Crippen LogP contribution in [-0.4, -0.2) is 49.9 Å². The molecule has 1 unspecified atom stereocenters. The number of nitrogens with zero attached hydrogens (tertiary/aromatic N) is 1. The number of amides is 1. The lowest BCUT2D eigenvalue weighted by Crippen LogP contribution is -2.53. The Morgan fingerprint density at radius 2 is 1.83 bits per heavy atom. The average Bonchev–Trinajstić information content (AvgIpc) is 2.86. The number of methoxy groups -OCH3 is 1. The molecule has 6 nitrogen and oxygen atoms in total. The van der Waals surface area contributed by atoms with Gasteiger partial charge >= 0.3 is 6.09 Å². The molecule has 3 heterocycles. The highest BCUT2D eigenvalue weighted by Crippen LogP contribution is 2.47. The molecule has 1 N–H and O–H groups in total. The standard InChI is InChI=1S/C30H40N2O4/c1-19(2)35-23-8-6-20(7-9-23)24-16-22-10-13-30(3,4)28(25(22)17-26(24)34-5)31-29(33)36-27-18-32-14-11-21(27)12-15-32/h6-9,16-17,19,21,27-28H,10-15,18H2,1-5H3,(H,31,33)/t27-,28?/m1/s1. The van der Waals surface area contributed by atoms with Crippen LogP contribution >= 0.6 is 0 Å². The second kappa shape index (κ2) is 9.97. The summed E-state index contributed by atoms with van der Waals surface area (Å²) in [5, 5.41) is 3.26. The number of piperidine rings is 3. The highest BCUT2D eigenvalue weighted by molar-refractivity contribution is 5.74. The van der Waals surface area contributed by atoms with Crippen molar-refractivity contribution in [2.75, 3.05) is 26.7 Å². The first-order chi connectivity index (χ1) is 17.2. The molecule has 3 saturated heterocycles. The van der Waals surface area contributed by atoms with Crippen molar-refractivity contribution in [1.29, 1.82) is 0 Å². The largest absolute Gasteiger partial charge is 0.496 e. The predicted molar refractivity (Wildman–Crippen MR) is 142 cm³/mol. The molecule has 2 bridgehead atoms. The first-order valence-electron chi connectivity index (χ1n) is 13.4. The lowest BCUT2D eigenvalue weighted by atomic mass is 9.70. The summed E-state index contributed by atoms with van der Waals surface area (Å²) < 4.78 is 17.7. The van der Waals surface area contributed by atoms with Crippen molar-refractivity contribution in [3.8, 4) is 22.6 Å². The number of carbonyl (C=O) groups is 1. The number of hydrogen-bond acceptors (Lipinski definition) is 5. The maximum atomic E-state index is 13.1. The summed E-state index contributed by atoms with van der Waals surface area (Å²) >= 11 is 0. The van der Waals surface area contributed by atoms with Gasteiger partial charge in [0, 0.05) is 12.1 Å². The minimum Gasteiger partial charge on any atom is -0.496 e. The summed E-state index contributed by atoms with van der Waals surface area (Å²) in [7, 11) is 1.71. The number of hydrogen-bond donors (Lipinski definition) is 1. The number of carbonyl (C=O) groups excluding carboxylic acids is 1. The molecule has 1 aliphatic carbocycles. The lowest BCUT2D eigenvalue weighted by Gasteiger charge is -2.44. The number of nitrogens with one attached hydrogen (secondary N) is 1. The third-order valence-corrected chi connectivity index (χ3v) is 8.25. The molecular formula is C30H40N2O4. The third kappa shape index (κ3) is 5.06. The first kappa shape index (κ1) is 24.9. The minimum atomic E-state index is -0.302. The summed E-state index contributed by atoms with van der Waals surface area (Å²) in [6.07, 6.45) is 4.03. The fourth-order valence-electron chi connectivity index (χ4n) is 6.13. The molecule has 0 aromatic heterocycles. The van der Waals surface area contributed by atoms with Crippen LogP contribution in [0.15, 0.2) is 36.4 Å². The van der Waals surface area contributed by atoms with Gasteiger partial charge in [-0.1, -0.05) is 26.0 Å². The van der Waals surface area contributed by atoms with Crippen molar-refractivity contribution in [3.05, 3.63) is 47.5 Å². The summed E-state index contributed by atoms with van der Waals surface area (Å²) in [4.78, 5) is 15.5. The number of ether oxygens (including phenoxy) is 3. The van der Waals surface area contributed by atoms with E-state index in [9.17, 15) is 4.79 Å². The zero-order valence-electron chi connectivity index (χ0n) is 22.3. The normalized spacial score (nSPS) is 26.3. The molecule has 1 amide bonds. The van der Waals surface area contributed by atoms with Crippen LogP contribution < -0.4 is 14.8 Å². The first-order valence-corrected chi connectivity index (χ1v) is 13.4. The summed E-state index contributed by atoms with van der Waals surface area (Å²) in [5.74, 6) is 2.16. The van der Waals surface area contributed by atoms with E-state index in [4.69, 9.17) is 14.2 Å². The maximum Gasteiger partial charge on any atom is 0.407 e. The van der Waals surface area contributed by atoms with Crippen LogP contribution in [0.2, 0.25) is 0 Å². The molecule has 2 aromatic carbocycles. The Bertz CT molecular complexity index is 1090. The van der Waals surface area contributed by atoms with E-state index in [0.717, 1.165) is 73.5 Å². The molecule has 6 heteroatoms. The topological polar surface area (TPSA) is 60.0 Å². The van der Waals surface area contributed by atoms with Gasteiger partial charge < -0.3 is 19.5 Å². The van der Waals surface area contributed by atoms with Gasteiger partial charge in [-0.25, -0.2) is 4.79 Å². The second-order valence-electron chi connectivity index (χ2n) is 11.6. The fraction of sp³-hybridized carbons (Fsp3) is 0.567. The molecule has 6 rings (SSSR count). The van der Waals surface area contributed by atoms with E-state index in [2.05, 4.69) is 48.3 Å². The van der Waals surface area contributed by atoms with Crippen molar-refractivity contribution in [3.63, 3.8) is 0 Å². The van der Waals surface area contributed by atoms with Crippen LogP contribution in [0.3, 0.4) is 0 Å². The number of benzene rings is 2. The van der Waals surface area contributed by atoms with Gasteiger partial charge in [-0.15, -0.1) is 0 Å². The van der Waals surface area contributed by atoms with E-state index in [0.29, 0.717) is 5.92 Å². The Hall–Kier alpha value is -2.73. The Morgan fingerprint density at radius 1 is 1.11 bits per heavy atom. The van der Waals surface area contributed by atoms with Gasteiger partial charge in [0.1, 0.15) is 17.6 Å². The quantitative estimate of drug-likeness (QED) is 0.537. The van der Waals surface area contributed by atoms with E-state index >= 15 is 0 Å². The second-order valence-corrected chi connectivity index (χ2v) is 11.6. The number of rotatable bonds is 6. The van der Waals surface area contributed by atoms with E-state index in [1.54, 1.807) is 7.11 Å². The Labute approximate surface area is 215 Å². The van der Waals surface area contributed by atoms with Crippen LogP contribution in [0, 0.1) is 11.3 Å². The van der Waals surface area contributed by atoms with E-state index < -0.39 is 0 Å². The van der Waals surface area contributed by atoms with E-state index in [1.165, 1.54) is 5.56 Å². The lowest BCUT2D eigenvalue weighted by molar-refractivity contribution is -0.0353. The Balaban J connectivity index is 1.39. The monoisotopic (exact) mass is 492 g/mol. The smallest absolute Gasteiger partial charge is 0.407 e. The van der Waals surface area contributed by atoms with Crippen molar-refractivity contribution in [1.82, 2.24) is 10.2 Å². The molecule has 0 radical (unpaired) electrons. The van der Waals surface area contributed by atoms with Crippen molar-refractivity contribution in [2.45, 2.75) is 71.6 Å². The summed E-state index contributed by atoms with van der Waals surface area (Å²) in [6, 6.07) is 12.4. The van der Waals surface area contributed by atoms with Crippen molar-refractivity contribution >= 4 is 6.09 Å². The molecule has 3 aliphatic heterocycles. The van der Waals surface area contributed by atoms with Crippen LogP contribution in [-0.2, 0) is 11.2 Å². The van der Waals surface area contributed by atoms with Gasteiger partial charge in [-0.05, 0) is 105 Å². The van der Waals surface area contributed by atoms with E-state index in [1.807, 2.05) is 26.0 Å². The van der Waals surface area contributed by atoms with Gasteiger partial charge in [0.25, 0.3) is 0 Å². The molecule has 4 aliphatic rings. The van der Waals surface area contributed by atoms with Crippen LogP contribution in [0.4, 0.5) is 4.79 Å². The maximum absolute atomic E-state index is 13.1. The zero-order chi connectivity index (χ0) is 25.4. The minimum absolute atomic E-state index is 0.00164. The fourth-order valence-corrected chi connectivity index (χ4v) is 6.13. The van der Waals surface area contributed by atoms with E-state index in [-0.39, 0.29) is 29.8 Å². The molecule has 0 saturated carbocycles. The SMILES string of the molecule is COc1cc2c(cc1-c1ccc(OC(C)C)cc1)CCC(C)(C)C2NC(=O)O[C@@H]1CN2CCC1CC2. The molecule has 2 aromatic rings. The Morgan fingerprint density at radius 3 is 2.44 bits per heavy atom. The van der Waals surface area contributed by atoms with Crippen molar-refractivity contribution < 1.29 is 19.0 Å². The number of alkyl carbamates (subject to hydrolysis) is 1. The van der Waals surface area contributed by atoms with Crippen LogP contribution in [0.5, 0.6) is 11.5 Å². The Kier molecular flexibility index (Phi) is 6.90. The molecule has 194 valence electrons. The number of fused-ring (bicyclic) bond motifs is 4. The van der Waals surface area contributed by atoms with Crippen molar-refractivity contribution in [2.24, 2.45) is 11.3 Å². The third-order valence-electron chi connectivity index (χ3n) is 8.25. The molecule has 2 atom stereocenters. The average molecular weight is 493 g/mol. The zero-order valence-corrected chi connectivity index (χ0v) is 22.3. The molecule has 0 spiro atoms. The van der Waals surface area contributed by atoms with Gasteiger partial charge in [0.15, 0.2) is 0 Å². The molecular weight excluding hydrogens is 452 g/mol.